The minimum atomic E-state index is -0.299. The molecule has 0 N–H and O–H groups in total. The molecular formula is C10H7N3O2. The Balaban J connectivity index is 2.48. The van der Waals surface area contributed by atoms with Crippen LogP contribution in [0.4, 0.5) is 0 Å². The molecule has 2 aromatic heterocycles. The van der Waals surface area contributed by atoms with E-state index in [-0.39, 0.29) is 12.1 Å². The van der Waals surface area contributed by atoms with Crippen LogP contribution >= 0.6 is 0 Å². The molecule has 74 valence electrons. The van der Waals surface area contributed by atoms with E-state index in [0.29, 0.717) is 11.5 Å². The highest BCUT2D eigenvalue weighted by atomic mass is 16.3. The summed E-state index contributed by atoms with van der Waals surface area (Å²) in [4.78, 5) is 11.2. The molecule has 15 heavy (non-hydrogen) atoms. The van der Waals surface area contributed by atoms with Crippen LogP contribution in [-0.2, 0) is 6.54 Å². The van der Waals surface area contributed by atoms with E-state index in [1.807, 2.05) is 6.07 Å². The molecule has 0 aliphatic carbocycles. The van der Waals surface area contributed by atoms with Crippen LogP contribution in [0.3, 0.4) is 0 Å². The number of aromatic nitrogens is 2. The molecule has 0 aromatic carbocycles. The van der Waals surface area contributed by atoms with Crippen LogP contribution in [0.5, 0.6) is 0 Å². The van der Waals surface area contributed by atoms with Gasteiger partial charge in [-0.1, -0.05) is 0 Å². The van der Waals surface area contributed by atoms with Crippen molar-refractivity contribution in [2.24, 2.45) is 0 Å². The average Bonchev–Trinajstić information content (AvgIpc) is 2.75. The van der Waals surface area contributed by atoms with Crippen molar-refractivity contribution in [3.05, 3.63) is 40.9 Å². The third-order valence-corrected chi connectivity index (χ3v) is 1.86. The predicted molar refractivity (Wildman–Crippen MR) is 51.8 cm³/mol. The Bertz CT molecular complexity index is 549. The van der Waals surface area contributed by atoms with E-state index in [0.717, 1.165) is 4.68 Å². The summed E-state index contributed by atoms with van der Waals surface area (Å²) in [5.41, 5.74) is 0.238. The first-order valence-corrected chi connectivity index (χ1v) is 4.30. The lowest BCUT2D eigenvalue weighted by molar-refractivity contribution is 0.571. The molecule has 2 rings (SSSR count). The second-order valence-electron chi connectivity index (χ2n) is 2.85. The molecule has 0 aliphatic heterocycles. The van der Waals surface area contributed by atoms with Crippen molar-refractivity contribution >= 4 is 0 Å². The topological polar surface area (TPSA) is 71.8 Å². The number of furan rings is 1. The van der Waals surface area contributed by atoms with E-state index >= 15 is 0 Å². The maximum atomic E-state index is 11.2. The maximum Gasteiger partial charge on any atom is 0.267 e. The molecule has 2 heterocycles. The van der Waals surface area contributed by atoms with Crippen LogP contribution in [0.1, 0.15) is 0 Å². The van der Waals surface area contributed by atoms with Crippen LogP contribution in [0.2, 0.25) is 0 Å². The number of nitriles is 1. The smallest absolute Gasteiger partial charge is 0.267 e. The van der Waals surface area contributed by atoms with Gasteiger partial charge in [0.25, 0.3) is 5.56 Å². The Kier molecular flexibility index (Phi) is 2.33. The largest absolute Gasteiger partial charge is 0.463 e. The first-order chi connectivity index (χ1) is 7.31. The van der Waals surface area contributed by atoms with E-state index in [1.54, 1.807) is 18.2 Å². The van der Waals surface area contributed by atoms with E-state index in [1.165, 1.54) is 12.3 Å². The predicted octanol–water partition coefficient (Wildman–Crippen LogP) is 1.03. The molecular weight excluding hydrogens is 194 g/mol. The van der Waals surface area contributed by atoms with Gasteiger partial charge in [-0.3, -0.25) is 4.79 Å². The van der Waals surface area contributed by atoms with Crippen LogP contribution < -0.4 is 5.56 Å². The van der Waals surface area contributed by atoms with Gasteiger partial charge in [0.1, 0.15) is 12.2 Å². The van der Waals surface area contributed by atoms with Crippen LogP contribution in [0, 0.1) is 11.3 Å². The van der Waals surface area contributed by atoms with Crippen LogP contribution in [0.15, 0.2) is 39.7 Å². The highest BCUT2D eigenvalue weighted by molar-refractivity contribution is 5.50. The number of nitrogens with zero attached hydrogens (tertiary/aromatic N) is 3. The summed E-state index contributed by atoms with van der Waals surface area (Å²) in [6.07, 6.45) is 1.52. The zero-order valence-electron chi connectivity index (χ0n) is 7.75. The van der Waals surface area contributed by atoms with Gasteiger partial charge in [-0.05, 0) is 18.2 Å². The van der Waals surface area contributed by atoms with Gasteiger partial charge in [-0.25, -0.2) is 4.68 Å². The van der Waals surface area contributed by atoms with Crippen LogP contribution in [-0.4, -0.2) is 9.78 Å². The summed E-state index contributed by atoms with van der Waals surface area (Å²) < 4.78 is 6.23. The molecule has 5 nitrogen and oxygen atoms in total. The van der Waals surface area contributed by atoms with Gasteiger partial charge in [0.05, 0.1) is 12.3 Å². The van der Waals surface area contributed by atoms with Gasteiger partial charge in [0, 0.05) is 6.07 Å². The SMILES string of the molecule is N#CCn1nc(-c2ccco2)ccc1=O. The monoisotopic (exact) mass is 201 g/mol. The van der Waals surface area contributed by atoms with Crippen molar-refractivity contribution in [2.45, 2.75) is 6.54 Å². The van der Waals surface area contributed by atoms with Gasteiger partial charge < -0.3 is 4.42 Å². The maximum absolute atomic E-state index is 11.2. The quantitative estimate of drug-likeness (QED) is 0.727. The fourth-order valence-electron chi connectivity index (χ4n) is 1.18. The molecule has 0 atom stereocenters. The number of rotatable bonds is 2. The molecule has 0 bridgehead atoms. The third-order valence-electron chi connectivity index (χ3n) is 1.86. The molecule has 2 aromatic rings. The fraction of sp³-hybridized carbons (Fsp3) is 0.100. The summed E-state index contributed by atoms with van der Waals surface area (Å²) in [6, 6.07) is 8.27. The Morgan fingerprint density at radius 2 is 2.33 bits per heavy atom. The van der Waals surface area contributed by atoms with E-state index in [2.05, 4.69) is 5.10 Å². The van der Waals surface area contributed by atoms with Crippen molar-refractivity contribution in [1.82, 2.24) is 9.78 Å². The zero-order valence-corrected chi connectivity index (χ0v) is 7.75. The highest BCUT2D eigenvalue weighted by Gasteiger charge is 2.04. The average molecular weight is 201 g/mol. The van der Waals surface area contributed by atoms with Gasteiger partial charge in [-0.15, -0.1) is 0 Å². The molecule has 0 saturated heterocycles. The lowest BCUT2D eigenvalue weighted by Crippen LogP contribution is -2.21. The first kappa shape index (κ1) is 9.21. The number of hydrogen-bond acceptors (Lipinski definition) is 4. The third kappa shape index (κ3) is 1.79. The van der Waals surface area contributed by atoms with Crippen LogP contribution in [0.25, 0.3) is 11.5 Å². The lowest BCUT2D eigenvalue weighted by atomic mass is 10.3. The van der Waals surface area contributed by atoms with Crippen molar-refractivity contribution in [1.29, 1.82) is 5.26 Å². The van der Waals surface area contributed by atoms with Gasteiger partial charge >= 0.3 is 0 Å². The normalized spacial score (nSPS) is 9.80. The molecule has 5 heteroatoms. The van der Waals surface area contributed by atoms with E-state index < -0.39 is 0 Å². The standard InChI is InChI=1S/C10H7N3O2/c11-5-6-13-10(14)4-3-8(12-13)9-2-1-7-15-9/h1-4,7H,6H2. The van der Waals surface area contributed by atoms with Crippen molar-refractivity contribution in [2.75, 3.05) is 0 Å². The summed E-state index contributed by atoms with van der Waals surface area (Å²) in [5.74, 6) is 0.571. The molecule has 0 amide bonds. The number of hydrogen-bond donors (Lipinski definition) is 0. The lowest BCUT2D eigenvalue weighted by Gasteiger charge is -2.00. The molecule has 0 radical (unpaired) electrons. The molecule has 0 spiro atoms. The highest BCUT2D eigenvalue weighted by Crippen LogP contribution is 2.14. The fourth-order valence-corrected chi connectivity index (χ4v) is 1.18. The summed E-state index contributed by atoms with van der Waals surface area (Å²) in [5, 5.41) is 12.5. The van der Waals surface area contributed by atoms with Gasteiger partial charge in [-0.2, -0.15) is 10.4 Å². The van der Waals surface area contributed by atoms with E-state index in [4.69, 9.17) is 9.68 Å². The summed E-state index contributed by atoms with van der Waals surface area (Å²) >= 11 is 0. The van der Waals surface area contributed by atoms with Gasteiger partial charge in [0.2, 0.25) is 0 Å². The molecule has 0 unspecified atom stereocenters. The van der Waals surface area contributed by atoms with Gasteiger partial charge in [0.15, 0.2) is 5.76 Å². The minimum absolute atomic E-state index is 0.0621. The molecule has 0 saturated carbocycles. The molecule has 0 fully saturated rings. The van der Waals surface area contributed by atoms with Crippen molar-refractivity contribution < 1.29 is 4.42 Å². The Morgan fingerprint density at radius 1 is 1.47 bits per heavy atom. The van der Waals surface area contributed by atoms with Crippen molar-refractivity contribution in [3.8, 4) is 17.5 Å². The first-order valence-electron chi connectivity index (χ1n) is 4.30. The second-order valence-corrected chi connectivity index (χ2v) is 2.85. The second kappa shape index (κ2) is 3.80. The van der Waals surface area contributed by atoms with Crippen molar-refractivity contribution in [3.63, 3.8) is 0 Å². The zero-order chi connectivity index (χ0) is 10.7. The van der Waals surface area contributed by atoms with E-state index in [9.17, 15) is 4.79 Å². The Labute approximate surface area is 85.2 Å². The Hall–Kier alpha value is -2.35. The molecule has 0 aliphatic rings. The summed E-state index contributed by atoms with van der Waals surface area (Å²) in [6.45, 7) is -0.0621. The Morgan fingerprint density at radius 3 is 3.00 bits per heavy atom. The minimum Gasteiger partial charge on any atom is -0.463 e. The summed E-state index contributed by atoms with van der Waals surface area (Å²) in [7, 11) is 0.